The number of fused-ring (bicyclic) bond motifs is 1. The van der Waals surface area contributed by atoms with Crippen LogP contribution in [0.15, 0.2) is 18.2 Å². The minimum Gasteiger partial charge on any atom is -0.395 e. The van der Waals surface area contributed by atoms with E-state index in [1.165, 1.54) is 0 Å². The average Bonchev–Trinajstić information content (AvgIpc) is 2.76. The Balaban J connectivity index is 2.23. The summed E-state index contributed by atoms with van der Waals surface area (Å²) in [6, 6.07) is 6.05. The van der Waals surface area contributed by atoms with Gasteiger partial charge in [-0.05, 0) is 38.3 Å². The number of aliphatic hydroxyl groups is 1. The van der Waals surface area contributed by atoms with Crippen LogP contribution in [-0.2, 0) is 7.05 Å². The van der Waals surface area contributed by atoms with Crippen LogP contribution in [-0.4, -0.2) is 38.8 Å². The van der Waals surface area contributed by atoms with Crippen molar-refractivity contribution in [1.29, 1.82) is 0 Å². The second kappa shape index (κ2) is 7.01. The fourth-order valence-electron chi connectivity index (χ4n) is 2.59. The molecule has 0 radical (unpaired) electrons. The monoisotopic (exact) mass is 327 g/mol. The molecule has 21 heavy (non-hydrogen) atoms. The van der Waals surface area contributed by atoms with Crippen LogP contribution in [0.2, 0.25) is 5.02 Å². The minimum atomic E-state index is 0.0948. The van der Waals surface area contributed by atoms with Gasteiger partial charge in [0.25, 0.3) is 0 Å². The van der Waals surface area contributed by atoms with Crippen molar-refractivity contribution in [3.63, 3.8) is 0 Å². The molecule has 3 atom stereocenters. The van der Waals surface area contributed by atoms with Crippen LogP contribution in [0.4, 0.5) is 0 Å². The second-order valence-electron chi connectivity index (χ2n) is 5.30. The van der Waals surface area contributed by atoms with Crippen molar-refractivity contribution < 1.29 is 5.11 Å². The Morgan fingerprint density at radius 1 is 1.43 bits per heavy atom. The summed E-state index contributed by atoms with van der Waals surface area (Å²) >= 11 is 7.70. The van der Waals surface area contributed by atoms with Crippen LogP contribution in [0, 0.1) is 0 Å². The zero-order valence-corrected chi connectivity index (χ0v) is 14.4. The van der Waals surface area contributed by atoms with E-state index in [4.69, 9.17) is 11.6 Å². The number of hydrogen-bond donors (Lipinski definition) is 2. The van der Waals surface area contributed by atoms with E-state index in [9.17, 15) is 5.11 Å². The molecule has 0 fully saturated rings. The standard InChI is InChI=1S/C15H22ClN3OS/c1-9(14(8-20)21-4)17-10(2)15-18-12-7-11(16)5-6-13(12)19(15)3/h5-7,9-10,14,17,20H,8H2,1-4H3. The van der Waals surface area contributed by atoms with Crippen LogP contribution < -0.4 is 5.32 Å². The summed E-state index contributed by atoms with van der Waals surface area (Å²) in [4.78, 5) is 4.68. The number of benzene rings is 1. The van der Waals surface area contributed by atoms with Crippen LogP contribution in [0.5, 0.6) is 0 Å². The predicted molar refractivity (Wildman–Crippen MR) is 91.1 cm³/mol. The summed E-state index contributed by atoms with van der Waals surface area (Å²) < 4.78 is 2.09. The maximum absolute atomic E-state index is 9.38. The first kappa shape index (κ1) is 16.6. The van der Waals surface area contributed by atoms with E-state index in [0.717, 1.165) is 16.9 Å². The normalized spacial score (nSPS) is 16.1. The summed E-state index contributed by atoms with van der Waals surface area (Å²) in [6.07, 6.45) is 2.01. The van der Waals surface area contributed by atoms with E-state index in [0.29, 0.717) is 5.02 Å². The highest BCUT2D eigenvalue weighted by Gasteiger charge is 2.21. The van der Waals surface area contributed by atoms with Gasteiger partial charge in [-0.2, -0.15) is 11.8 Å². The highest BCUT2D eigenvalue weighted by atomic mass is 35.5. The smallest absolute Gasteiger partial charge is 0.126 e. The van der Waals surface area contributed by atoms with Gasteiger partial charge in [0.2, 0.25) is 0 Å². The van der Waals surface area contributed by atoms with E-state index >= 15 is 0 Å². The van der Waals surface area contributed by atoms with Crippen molar-refractivity contribution >= 4 is 34.4 Å². The molecule has 0 aliphatic rings. The van der Waals surface area contributed by atoms with Gasteiger partial charge in [0.1, 0.15) is 5.82 Å². The van der Waals surface area contributed by atoms with E-state index < -0.39 is 0 Å². The summed E-state index contributed by atoms with van der Waals surface area (Å²) in [5.41, 5.74) is 1.98. The van der Waals surface area contributed by atoms with Crippen molar-refractivity contribution in [2.45, 2.75) is 31.2 Å². The SMILES string of the molecule is CSC(CO)C(C)NC(C)c1nc2cc(Cl)ccc2n1C. The summed E-state index contributed by atoms with van der Waals surface area (Å²) in [7, 11) is 2.01. The minimum absolute atomic E-state index is 0.0948. The predicted octanol–water partition coefficient (Wildman–Crippen LogP) is 2.99. The molecule has 6 heteroatoms. The molecule has 2 N–H and O–H groups in total. The first-order valence-electron chi connectivity index (χ1n) is 6.99. The third-order valence-electron chi connectivity index (χ3n) is 3.82. The number of halogens is 1. The Hall–Kier alpha value is -0.750. The quantitative estimate of drug-likeness (QED) is 0.856. The molecule has 1 aromatic heterocycles. The third-order valence-corrected chi connectivity index (χ3v) is 5.22. The van der Waals surface area contributed by atoms with Gasteiger partial charge in [-0.1, -0.05) is 11.6 Å². The molecule has 2 rings (SSSR count). The molecule has 0 aliphatic carbocycles. The number of nitrogens with one attached hydrogen (secondary N) is 1. The fraction of sp³-hybridized carbons (Fsp3) is 0.533. The largest absolute Gasteiger partial charge is 0.395 e. The van der Waals surface area contributed by atoms with Crippen LogP contribution >= 0.6 is 23.4 Å². The molecule has 0 aliphatic heterocycles. The van der Waals surface area contributed by atoms with E-state index in [2.05, 4.69) is 28.7 Å². The van der Waals surface area contributed by atoms with Crippen LogP contribution in [0.1, 0.15) is 25.7 Å². The van der Waals surface area contributed by atoms with Crippen LogP contribution in [0.3, 0.4) is 0 Å². The molecule has 1 aromatic carbocycles. The molecule has 116 valence electrons. The lowest BCUT2D eigenvalue weighted by Crippen LogP contribution is -2.39. The Morgan fingerprint density at radius 3 is 2.76 bits per heavy atom. The molecule has 0 saturated carbocycles. The van der Waals surface area contributed by atoms with Crippen molar-refractivity contribution in [3.05, 3.63) is 29.0 Å². The van der Waals surface area contributed by atoms with Crippen molar-refractivity contribution in [1.82, 2.24) is 14.9 Å². The van der Waals surface area contributed by atoms with E-state index in [1.54, 1.807) is 11.8 Å². The van der Waals surface area contributed by atoms with Crippen molar-refractivity contribution in [2.75, 3.05) is 12.9 Å². The number of aryl methyl sites for hydroxylation is 1. The zero-order valence-electron chi connectivity index (χ0n) is 12.8. The topological polar surface area (TPSA) is 50.1 Å². The average molecular weight is 328 g/mol. The Bertz CT molecular complexity index is 612. The van der Waals surface area contributed by atoms with Gasteiger partial charge in [-0.25, -0.2) is 4.98 Å². The second-order valence-corrected chi connectivity index (χ2v) is 6.81. The molecule has 3 unspecified atom stereocenters. The molecule has 0 bridgehead atoms. The van der Waals surface area contributed by atoms with Gasteiger partial charge < -0.3 is 15.0 Å². The van der Waals surface area contributed by atoms with Gasteiger partial charge in [0.15, 0.2) is 0 Å². The molecular formula is C15H22ClN3OS. The van der Waals surface area contributed by atoms with Crippen molar-refractivity contribution in [2.24, 2.45) is 7.05 Å². The maximum Gasteiger partial charge on any atom is 0.126 e. The Kier molecular flexibility index (Phi) is 5.54. The lowest BCUT2D eigenvalue weighted by atomic mass is 10.2. The molecule has 0 saturated heterocycles. The van der Waals surface area contributed by atoms with Gasteiger partial charge in [-0.3, -0.25) is 0 Å². The third kappa shape index (κ3) is 3.54. The number of hydrogen-bond acceptors (Lipinski definition) is 4. The first-order valence-corrected chi connectivity index (χ1v) is 8.66. The zero-order chi connectivity index (χ0) is 15.6. The highest BCUT2D eigenvalue weighted by molar-refractivity contribution is 7.99. The number of rotatable bonds is 6. The molecule has 4 nitrogen and oxygen atoms in total. The summed E-state index contributed by atoms with van der Waals surface area (Å²) in [6.45, 7) is 4.35. The maximum atomic E-state index is 9.38. The van der Waals surface area contributed by atoms with Gasteiger partial charge in [-0.15, -0.1) is 0 Å². The van der Waals surface area contributed by atoms with Gasteiger partial charge >= 0.3 is 0 Å². The summed E-state index contributed by atoms with van der Waals surface area (Å²) in [5.74, 6) is 0.969. The number of aliphatic hydroxyl groups excluding tert-OH is 1. The number of thioether (sulfide) groups is 1. The highest BCUT2D eigenvalue weighted by Crippen LogP contribution is 2.23. The molecular weight excluding hydrogens is 306 g/mol. The molecule has 1 heterocycles. The Labute approximate surface area is 134 Å². The Morgan fingerprint density at radius 2 is 2.14 bits per heavy atom. The number of aromatic nitrogens is 2. The molecule has 0 amide bonds. The van der Waals surface area contributed by atoms with E-state index in [-0.39, 0.29) is 23.9 Å². The van der Waals surface area contributed by atoms with E-state index in [1.807, 2.05) is 31.5 Å². The van der Waals surface area contributed by atoms with Gasteiger partial charge in [0, 0.05) is 23.4 Å². The summed E-state index contributed by atoms with van der Waals surface area (Å²) in [5, 5.41) is 13.8. The van der Waals surface area contributed by atoms with Gasteiger partial charge in [0.05, 0.1) is 23.7 Å². The number of nitrogens with zero attached hydrogens (tertiary/aromatic N) is 2. The first-order chi connectivity index (χ1) is 9.97. The van der Waals surface area contributed by atoms with Crippen molar-refractivity contribution in [3.8, 4) is 0 Å². The van der Waals surface area contributed by atoms with Crippen LogP contribution in [0.25, 0.3) is 11.0 Å². The number of imidazole rings is 1. The lowest BCUT2D eigenvalue weighted by Gasteiger charge is -2.25. The lowest BCUT2D eigenvalue weighted by molar-refractivity contribution is 0.270. The molecule has 0 spiro atoms. The molecule has 2 aromatic rings. The fourth-order valence-corrected chi connectivity index (χ4v) is 3.39.